The first-order valence-corrected chi connectivity index (χ1v) is 9.84. The van der Waals surface area contributed by atoms with Gasteiger partial charge in [-0.25, -0.2) is 4.39 Å². The molecule has 1 aliphatic carbocycles. The fraction of sp³-hybridized carbons (Fsp3) is 0.391. The van der Waals surface area contributed by atoms with E-state index in [1.807, 2.05) is 0 Å². The van der Waals surface area contributed by atoms with Crippen LogP contribution in [-0.2, 0) is 10.3 Å². The minimum atomic E-state index is -0.401. The number of carbonyl (C=O) groups is 1. The molecule has 1 N–H and O–H groups in total. The molecule has 0 unspecified atom stereocenters. The topological polar surface area (TPSA) is 71.3 Å². The maximum Gasteiger partial charge on any atom is 0.220 e. The third-order valence-corrected chi connectivity index (χ3v) is 5.33. The van der Waals surface area contributed by atoms with Gasteiger partial charge in [-0.3, -0.25) is 4.79 Å². The van der Waals surface area contributed by atoms with Crippen molar-refractivity contribution < 1.29 is 18.7 Å². The number of benzene rings is 2. The monoisotopic (exact) mass is 396 g/mol. The Kier molecular flexibility index (Phi) is 6.71. The molecule has 0 aliphatic heterocycles. The van der Waals surface area contributed by atoms with Crippen molar-refractivity contribution in [2.75, 3.05) is 13.7 Å². The fourth-order valence-corrected chi connectivity index (χ4v) is 3.83. The fourth-order valence-electron chi connectivity index (χ4n) is 3.83. The number of hydrogen-bond acceptors (Lipinski definition) is 4. The molecule has 5 nitrogen and oxygen atoms in total. The molecule has 0 atom stereocenters. The van der Waals surface area contributed by atoms with Crippen molar-refractivity contribution in [3.63, 3.8) is 0 Å². The number of hydrogen-bond donors (Lipinski definition) is 1. The highest BCUT2D eigenvalue weighted by Gasteiger charge is 2.36. The highest BCUT2D eigenvalue weighted by atomic mass is 19.1. The van der Waals surface area contributed by atoms with Gasteiger partial charge in [0.05, 0.1) is 30.9 Å². The van der Waals surface area contributed by atoms with Crippen LogP contribution >= 0.6 is 0 Å². The Labute approximate surface area is 170 Å². The Bertz CT molecular complexity index is 884. The SMILES string of the molecule is COc1cc(C#N)ccc1OCCCC(=O)NC1(c2ccc(F)cc2)CCCC1. The lowest BCUT2D eigenvalue weighted by atomic mass is 9.88. The van der Waals surface area contributed by atoms with Crippen LogP contribution in [0, 0.1) is 17.1 Å². The van der Waals surface area contributed by atoms with Crippen LogP contribution in [0.25, 0.3) is 0 Å². The number of halogens is 1. The average Bonchev–Trinajstić information content (AvgIpc) is 3.21. The first kappa shape index (κ1) is 20.7. The third kappa shape index (κ3) is 5.05. The van der Waals surface area contributed by atoms with E-state index in [2.05, 4.69) is 11.4 Å². The average molecular weight is 396 g/mol. The summed E-state index contributed by atoms with van der Waals surface area (Å²) >= 11 is 0. The molecule has 0 radical (unpaired) electrons. The summed E-state index contributed by atoms with van der Waals surface area (Å²) in [6.07, 6.45) is 4.70. The molecule has 0 spiro atoms. The summed E-state index contributed by atoms with van der Waals surface area (Å²) < 4.78 is 24.2. The maximum atomic E-state index is 13.3. The zero-order chi connectivity index (χ0) is 20.7. The van der Waals surface area contributed by atoms with Crippen LogP contribution in [0.2, 0.25) is 0 Å². The van der Waals surface area contributed by atoms with Crippen molar-refractivity contribution in [2.45, 2.75) is 44.1 Å². The van der Waals surface area contributed by atoms with Gasteiger partial charge in [-0.1, -0.05) is 25.0 Å². The molecule has 0 aromatic heterocycles. The van der Waals surface area contributed by atoms with Gasteiger partial charge in [0.2, 0.25) is 5.91 Å². The van der Waals surface area contributed by atoms with E-state index in [0.29, 0.717) is 36.5 Å². The van der Waals surface area contributed by atoms with E-state index in [1.165, 1.54) is 19.2 Å². The summed E-state index contributed by atoms with van der Waals surface area (Å²) in [6, 6.07) is 13.5. The number of rotatable bonds is 8. The van der Waals surface area contributed by atoms with E-state index >= 15 is 0 Å². The zero-order valence-corrected chi connectivity index (χ0v) is 16.5. The van der Waals surface area contributed by atoms with E-state index in [9.17, 15) is 9.18 Å². The van der Waals surface area contributed by atoms with E-state index in [4.69, 9.17) is 14.7 Å². The van der Waals surface area contributed by atoms with Gasteiger partial charge < -0.3 is 14.8 Å². The van der Waals surface area contributed by atoms with E-state index in [1.54, 1.807) is 30.3 Å². The Morgan fingerprint density at radius 2 is 1.90 bits per heavy atom. The van der Waals surface area contributed by atoms with Crippen LogP contribution in [0.15, 0.2) is 42.5 Å². The van der Waals surface area contributed by atoms with Gasteiger partial charge >= 0.3 is 0 Å². The minimum Gasteiger partial charge on any atom is -0.493 e. The van der Waals surface area contributed by atoms with Gasteiger partial charge in [0.25, 0.3) is 0 Å². The second-order valence-corrected chi connectivity index (χ2v) is 7.27. The van der Waals surface area contributed by atoms with Crippen LogP contribution in [0.4, 0.5) is 4.39 Å². The van der Waals surface area contributed by atoms with Crippen molar-refractivity contribution in [3.05, 3.63) is 59.4 Å². The van der Waals surface area contributed by atoms with Crippen LogP contribution in [0.5, 0.6) is 11.5 Å². The number of methoxy groups -OCH3 is 1. The van der Waals surface area contributed by atoms with Gasteiger partial charge in [0.1, 0.15) is 5.82 Å². The summed E-state index contributed by atoms with van der Waals surface area (Å²) in [4.78, 5) is 12.6. The van der Waals surface area contributed by atoms with Crippen LogP contribution in [0.3, 0.4) is 0 Å². The quantitative estimate of drug-likeness (QED) is 0.669. The van der Waals surface area contributed by atoms with Crippen LogP contribution < -0.4 is 14.8 Å². The standard InChI is InChI=1S/C23H25FN2O3/c1-28-21-15-17(16-25)6-11-20(21)29-14-4-5-22(27)26-23(12-2-3-13-23)18-7-9-19(24)10-8-18/h6-11,15H,2-5,12-14H2,1H3,(H,26,27). The second kappa shape index (κ2) is 9.42. The maximum absolute atomic E-state index is 13.3. The number of nitrogens with zero attached hydrogens (tertiary/aromatic N) is 1. The largest absolute Gasteiger partial charge is 0.493 e. The van der Waals surface area contributed by atoms with Crippen LogP contribution in [-0.4, -0.2) is 19.6 Å². The summed E-state index contributed by atoms with van der Waals surface area (Å²) in [5.74, 6) is 0.732. The summed E-state index contributed by atoms with van der Waals surface area (Å²) in [6.45, 7) is 0.360. The Morgan fingerprint density at radius 1 is 1.17 bits per heavy atom. The van der Waals surface area contributed by atoms with Crippen molar-refractivity contribution in [1.82, 2.24) is 5.32 Å². The number of ether oxygens (including phenoxy) is 2. The zero-order valence-electron chi connectivity index (χ0n) is 16.5. The first-order valence-electron chi connectivity index (χ1n) is 9.84. The molecular weight excluding hydrogens is 371 g/mol. The molecule has 0 saturated heterocycles. The molecule has 1 aliphatic rings. The molecule has 3 rings (SSSR count). The van der Waals surface area contributed by atoms with Crippen molar-refractivity contribution in [2.24, 2.45) is 0 Å². The molecule has 0 heterocycles. The van der Waals surface area contributed by atoms with Crippen molar-refractivity contribution in [1.29, 1.82) is 5.26 Å². The Hall–Kier alpha value is -3.07. The number of nitriles is 1. The summed E-state index contributed by atoms with van der Waals surface area (Å²) in [5.41, 5.74) is 1.06. The number of nitrogens with one attached hydrogen (secondary N) is 1. The van der Waals surface area contributed by atoms with Crippen LogP contribution in [0.1, 0.15) is 49.7 Å². The highest BCUT2D eigenvalue weighted by Crippen LogP contribution is 2.39. The third-order valence-electron chi connectivity index (χ3n) is 5.33. The molecule has 0 bridgehead atoms. The molecule has 1 amide bonds. The van der Waals surface area contributed by atoms with Gasteiger partial charge in [0, 0.05) is 12.5 Å². The molecule has 1 fully saturated rings. The highest BCUT2D eigenvalue weighted by molar-refractivity contribution is 5.77. The van der Waals surface area contributed by atoms with Gasteiger partial charge in [0.15, 0.2) is 11.5 Å². The summed E-state index contributed by atoms with van der Waals surface area (Å²) in [5, 5.41) is 12.1. The lowest BCUT2D eigenvalue weighted by Crippen LogP contribution is -2.43. The first-order chi connectivity index (χ1) is 14.1. The normalized spacial score (nSPS) is 14.8. The molecule has 2 aromatic rings. The van der Waals surface area contributed by atoms with E-state index in [0.717, 1.165) is 31.2 Å². The van der Waals surface area contributed by atoms with Gasteiger partial charge in [-0.15, -0.1) is 0 Å². The van der Waals surface area contributed by atoms with E-state index < -0.39 is 5.54 Å². The summed E-state index contributed by atoms with van der Waals surface area (Å²) in [7, 11) is 1.52. The Balaban J connectivity index is 1.53. The number of amides is 1. The molecule has 2 aromatic carbocycles. The van der Waals surface area contributed by atoms with Crippen molar-refractivity contribution in [3.8, 4) is 17.6 Å². The predicted molar refractivity (Wildman–Crippen MR) is 107 cm³/mol. The molecule has 6 heteroatoms. The lowest BCUT2D eigenvalue weighted by Gasteiger charge is -2.31. The smallest absolute Gasteiger partial charge is 0.220 e. The van der Waals surface area contributed by atoms with Gasteiger partial charge in [-0.05, 0) is 49.1 Å². The number of carbonyl (C=O) groups excluding carboxylic acids is 1. The van der Waals surface area contributed by atoms with Crippen molar-refractivity contribution >= 4 is 5.91 Å². The Morgan fingerprint density at radius 3 is 2.55 bits per heavy atom. The molecule has 152 valence electrons. The second-order valence-electron chi connectivity index (χ2n) is 7.27. The molecular formula is C23H25FN2O3. The predicted octanol–water partition coefficient (Wildman–Crippen LogP) is 4.45. The van der Waals surface area contributed by atoms with E-state index in [-0.39, 0.29) is 11.7 Å². The molecule has 29 heavy (non-hydrogen) atoms. The molecule has 1 saturated carbocycles. The van der Waals surface area contributed by atoms with Gasteiger partial charge in [-0.2, -0.15) is 5.26 Å². The minimum absolute atomic E-state index is 0.0355. The lowest BCUT2D eigenvalue weighted by molar-refractivity contribution is -0.123.